The Balaban J connectivity index is 1.98. The van der Waals surface area contributed by atoms with Crippen LogP contribution in [0.2, 0.25) is 0 Å². The number of esters is 1. The minimum Gasteiger partial charge on any atom is -0.468 e. The fourth-order valence-electron chi connectivity index (χ4n) is 3.41. The van der Waals surface area contributed by atoms with Crippen LogP contribution in [0.5, 0.6) is 0 Å². The zero-order valence-corrected chi connectivity index (χ0v) is 19.4. The molecule has 1 heterocycles. The van der Waals surface area contributed by atoms with Gasteiger partial charge in [0.25, 0.3) is 0 Å². The van der Waals surface area contributed by atoms with Crippen molar-refractivity contribution in [2.75, 3.05) is 44.8 Å². The van der Waals surface area contributed by atoms with E-state index in [-0.39, 0.29) is 30.7 Å². The Morgan fingerprint density at radius 2 is 1.59 bits per heavy atom. The van der Waals surface area contributed by atoms with E-state index >= 15 is 0 Å². The Labute approximate surface area is 177 Å². The first-order chi connectivity index (χ1) is 13.6. The summed E-state index contributed by atoms with van der Waals surface area (Å²) < 4.78 is 32.6. The van der Waals surface area contributed by atoms with Gasteiger partial charge in [-0.1, -0.05) is 6.07 Å². The molecule has 0 unspecified atom stereocenters. The van der Waals surface area contributed by atoms with Crippen LogP contribution in [-0.4, -0.2) is 74.3 Å². The van der Waals surface area contributed by atoms with Crippen molar-refractivity contribution in [3.63, 3.8) is 0 Å². The molecule has 9 heteroatoms. The molecule has 1 saturated heterocycles. The standard InChI is InChI=1S/C20H30N2O5S2/c1-14-12-15(2)17(4)20(16(14)3)29(25,26)22-9-7-21(8-10-22)18(23)6-11-28-13-19(24)27-5/h12H,6-11,13H2,1-5H3. The molecule has 1 amide bonds. The second kappa shape index (κ2) is 9.95. The van der Waals surface area contributed by atoms with E-state index in [1.54, 1.807) is 4.90 Å². The number of aryl methyl sites for hydroxylation is 2. The Morgan fingerprint density at radius 3 is 2.10 bits per heavy atom. The molecule has 1 fully saturated rings. The summed E-state index contributed by atoms with van der Waals surface area (Å²) in [6, 6.07) is 2.01. The van der Waals surface area contributed by atoms with Gasteiger partial charge in [0.15, 0.2) is 0 Å². The summed E-state index contributed by atoms with van der Waals surface area (Å²) in [4.78, 5) is 25.6. The fraction of sp³-hybridized carbons (Fsp3) is 0.600. The van der Waals surface area contributed by atoms with Crippen LogP contribution >= 0.6 is 11.8 Å². The van der Waals surface area contributed by atoms with E-state index in [4.69, 9.17) is 0 Å². The average molecular weight is 443 g/mol. The van der Waals surface area contributed by atoms with Crippen LogP contribution in [-0.2, 0) is 24.3 Å². The van der Waals surface area contributed by atoms with Crippen LogP contribution in [0.1, 0.15) is 28.7 Å². The summed E-state index contributed by atoms with van der Waals surface area (Å²) in [5.74, 6) is 0.439. The quantitative estimate of drug-likeness (QED) is 0.475. The van der Waals surface area contributed by atoms with E-state index in [0.717, 1.165) is 22.3 Å². The normalized spacial score (nSPS) is 15.4. The first-order valence-corrected chi connectivity index (χ1v) is 12.2. The Bertz CT molecular complexity index is 849. The molecule has 0 saturated carbocycles. The van der Waals surface area contributed by atoms with Crippen molar-refractivity contribution in [2.45, 2.75) is 39.0 Å². The van der Waals surface area contributed by atoms with Gasteiger partial charge >= 0.3 is 5.97 Å². The molecule has 0 N–H and O–H groups in total. The molecule has 162 valence electrons. The molecule has 0 aliphatic carbocycles. The summed E-state index contributed by atoms with van der Waals surface area (Å²) in [5.41, 5.74) is 3.50. The van der Waals surface area contributed by atoms with E-state index in [1.807, 2.05) is 33.8 Å². The molecule has 0 bridgehead atoms. The predicted molar refractivity (Wildman–Crippen MR) is 115 cm³/mol. The van der Waals surface area contributed by atoms with Crippen LogP contribution in [0, 0.1) is 27.7 Å². The lowest BCUT2D eigenvalue weighted by Gasteiger charge is -2.35. The first-order valence-electron chi connectivity index (χ1n) is 9.59. The number of amides is 1. The fourth-order valence-corrected chi connectivity index (χ4v) is 6.15. The van der Waals surface area contributed by atoms with Gasteiger partial charge in [0.05, 0.1) is 17.8 Å². The number of rotatable bonds is 7. The van der Waals surface area contributed by atoms with Gasteiger partial charge in [0, 0.05) is 38.4 Å². The zero-order chi connectivity index (χ0) is 21.8. The summed E-state index contributed by atoms with van der Waals surface area (Å²) in [7, 11) is -2.28. The van der Waals surface area contributed by atoms with E-state index in [9.17, 15) is 18.0 Å². The van der Waals surface area contributed by atoms with Crippen LogP contribution in [0.15, 0.2) is 11.0 Å². The summed E-state index contributed by atoms with van der Waals surface area (Å²) in [6.07, 6.45) is 0.323. The van der Waals surface area contributed by atoms with Gasteiger partial charge in [-0.3, -0.25) is 9.59 Å². The maximum Gasteiger partial charge on any atom is 0.315 e. The van der Waals surface area contributed by atoms with Gasteiger partial charge in [0.2, 0.25) is 15.9 Å². The summed E-state index contributed by atoms with van der Waals surface area (Å²) in [6.45, 7) is 8.88. The number of hydrogen-bond donors (Lipinski definition) is 0. The number of thioether (sulfide) groups is 1. The van der Waals surface area contributed by atoms with Crippen LogP contribution in [0.3, 0.4) is 0 Å². The van der Waals surface area contributed by atoms with Crippen molar-refractivity contribution >= 4 is 33.7 Å². The molecule has 0 radical (unpaired) electrons. The maximum atomic E-state index is 13.3. The molecule has 1 aromatic rings. The smallest absolute Gasteiger partial charge is 0.315 e. The van der Waals surface area contributed by atoms with Crippen molar-refractivity contribution in [1.29, 1.82) is 0 Å². The Kier molecular flexibility index (Phi) is 8.13. The number of benzene rings is 1. The minimum absolute atomic E-state index is 0.0156. The van der Waals surface area contributed by atoms with E-state index < -0.39 is 10.0 Å². The number of carbonyl (C=O) groups excluding carboxylic acids is 2. The number of nitrogens with zero attached hydrogens (tertiary/aromatic N) is 2. The third-order valence-corrected chi connectivity index (χ3v) is 8.50. The van der Waals surface area contributed by atoms with Crippen LogP contribution in [0.25, 0.3) is 0 Å². The second-order valence-corrected chi connectivity index (χ2v) is 10.2. The second-order valence-electron chi connectivity index (χ2n) is 7.25. The Morgan fingerprint density at radius 1 is 1.03 bits per heavy atom. The van der Waals surface area contributed by atoms with Crippen molar-refractivity contribution in [1.82, 2.24) is 9.21 Å². The maximum absolute atomic E-state index is 13.3. The van der Waals surface area contributed by atoms with E-state index in [0.29, 0.717) is 30.2 Å². The molecule has 0 spiro atoms. The molecule has 0 atom stereocenters. The van der Waals surface area contributed by atoms with Gasteiger partial charge in [-0.2, -0.15) is 4.31 Å². The van der Waals surface area contributed by atoms with Crippen molar-refractivity contribution in [3.8, 4) is 0 Å². The van der Waals surface area contributed by atoms with Gasteiger partial charge < -0.3 is 9.64 Å². The molecule has 7 nitrogen and oxygen atoms in total. The highest BCUT2D eigenvalue weighted by atomic mass is 32.2. The lowest BCUT2D eigenvalue weighted by atomic mass is 10.0. The number of hydrogen-bond acceptors (Lipinski definition) is 6. The third-order valence-electron chi connectivity index (χ3n) is 5.39. The number of methoxy groups -OCH3 is 1. The Hall–Kier alpha value is -1.58. The number of carbonyl (C=O) groups is 2. The predicted octanol–water partition coefficient (Wildman–Crippen LogP) is 2.05. The highest BCUT2D eigenvalue weighted by Crippen LogP contribution is 2.29. The summed E-state index contributed by atoms with van der Waals surface area (Å²) in [5, 5.41) is 0. The largest absolute Gasteiger partial charge is 0.468 e. The zero-order valence-electron chi connectivity index (χ0n) is 17.8. The lowest BCUT2D eigenvalue weighted by Crippen LogP contribution is -2.50. The molecular weight excluding hydrogens is 412 g/mol. The highest BCUT2D eigenvalue weighted by molar-refractivity contribution is 7.99. The molecule has 2 rings (SSSR count). The van der Waals surface area contributed by atoms with Gasteiger partial charge in [-0.05, 0) is 49.9 Å². The molecule has 1 aliphatic rings. The van der Waals surface area contributed by atoms with Crippen LogP contribution < -0.4 is 0 Å². The molecule has 29 heavy (non-hydrogen) atoms. The number of piperazine rings is 1. The third kappa shape index (κ3) is 5.52. The monoisotopic (exact) mass is 442 g/mol. The van der Waals surface area contributed by atoms with Gasteiger partial charge in [0.1, 0.15) is 0 Å². The number of ether oxygens (including phenoxy) is 1. The first kappa shape index (κ1) is 23.7. The van der Waals surface area contributed by atoms with Crippen LogP contribution in [0.4, 0.5) is 0 Å². The molecule has 1 aromatic carbocycles. The lowest BCUT2D eigenvalue weighted by molar-refractivity contribution is -0.137. The van der Waals surface area contributed by atoms with Crippen molar-refractivity contribution < 1.29 is 22.7 Å². The summed E-state index contributed by atoms with van der Waals surface area (Å²) >= 11 is 1.36. The van der Waals surface area contributed by atoms with Crippen molar-refractivity contribution in [3.05, 3.63) is 28.3 Å². The van der Waals surface area contributed by atoms with Crippen molar-refractivity contribution in [2.24, 2.45) is 0 Å². The molecule has 0 aromatic heterocycles. The van der Waals surface area contributed by atoms with Gasteiger partial charge in [-0.15, -0.1) is 11.8 Å². The topological polar surface area (TPSA) is 84.0 Å². The minimum atomic E-state index is -3.61. The highest BCUT2D eigenvalue weighted by Gasteiger charge is 2.32. The van der Waals surface area contributed by atoms with E-state index in [1.165, 1.54) is 23.2 Å². The molecular formula is C20H30N2O5S2. The molecule has 1 aliphatic heterocycles. The SMILES string of the molecule is COC(=O)CSCCC(=O)N1CCN(S(=O)(=O)c2c(C)c(C)cc(C)c2C)CC1. The van der Waals surface area contributed by atoms with Gasteiger partial charge in [-0.25, -0.2) is 8.42 Å². The number of sulfonamides is 1. The average Bonchev–Trinajstić information content (AvgIpc) is 2.69. The van der Waals surface area contributed by atoms with E-state index in [2.05, 4.69) is 4.74 Å².